The molecule has 0 spiro atoms. The minimum Gasteiger partial charge on any atom is -0.315 e. The lowest BCUT2D eigenvalue weighted by Gasteiger charge is -2.27. The molecular formula is C13H28N2. The fraction of sp³-hybridized carbons (Fsp3) is 1.00. The van der Waals surface area contributed by atoms with Crippen LogP contribution in [0.15, 0.2) is 0 Å². The normalized spacial score (nSPS) is 19.2. The van der Waals surface area contributed by atoms with Crippen LogP contribution in [0.3, 0.4) is 0 Å². The van der Waals surface area contributed by atoms with Crippen LogP contribution in [0.1, 0.15) is 47.0 Å². The van der Waals surface area contributed by atoms with Crippen molar-refractivity contribution in [3.05, 3.63) is 0 Å². The molecule has 0 aliphatic heterocycles. The van der Waals surface area contributed by atoms with E-state index in [9.17, 15) is 0 Å². The van der Waals surface area contributed by atoms with Crippen molar-refractivity contribution in [2.75, 3.05) is 19.6 Å². The molecule has 2 N–H and O–H groups in total. The molecule has 0 saturated heterocycles. The van der Waals surface area contributed by atoms with Gasteiger partial charge in [-0.15, -0.1) is 0 Å². The first-order valence-corrected chi connectivity index (χ1v) is 6.44. The maximum absolute atomic E-state index is 3.51. The molecule has 1 saturated carbocycles. The third-order valence-corrected chi connectivity index (χ3v) is 3.54. The Hall–Kier alpha value is -0.0800. The average molecular weight is 212 g/mol. The van der Waals surface area contributed by atoms with Crippen LogP contribution < -0.4 is 10.6 Å². The van der Waals surface area contributed by atoms with E-state index in [0.29, 0.717) is 5.41 Å². The van der Waals surface area contributed by atoms with Gasteiger partial charge >= 0.3 is 0 Å². The average Bonchev–Trinajstić information content (AvgIpc) is 2.92. The highest BCUT2D eigenvalue weighted by Gasteiger charge is 2.20. The molecule has 0 aromatic rings. The van der Waals surface area contributed by atoms with Gasteiger partial charge < -0.3 is 10.6 Å². The fourth-order valence-electron chi connectivity index (χ4n) is 1.53. The van der Waals surface area contributed by atoms with Crippen molar-refractivity contribution in [2.24, 2.45) is 11.3 Å². The molecule has 0 amide bonds. The monoisotopic (exact) mass is 212 g/mol. The summed E-state index contributed by atoms with van der Waals surface area (Å²) in [5.74, 6) is 0.793. The maximum Gasteiger partial charge on any atom is 0.00793 e. The van der Waals surface area contributed by atoms with Crippen molar-refractivity contribution < 1.29 is 0 Å². The summed E-state index contributed by atoms with van der Waals surface area (Å²) in [7, 11) is 0. The van der Waals surface area contributed by atoms with Crippen molar-refractivity contribution in [3.63, 3.8) is 0 Å². The predicted molar refractivity (Wildman–Crippen MR) is 67.1 cm³/mol. The quantitative estimate of drug-likeness (QED) is 0.633. The molecule has 1 fully saturated rings. The van der Waals surface area contributed by atoms with Gasteiger partial charge in [-0.2, -0.15) is 0 Å². The van der Waals surface area contributed by atoms with Gasteiger partial charge in [0, 0.05) is 19.1 Å². The van der Waals surface area contributed by atoms with Crippen LogP contribution in [0.25, 0.3) is 0 Å². The van der Waals surface area contributed by atoms with Gasteiger partial charge in [-0.25, -0.2) is 0 Å². The first-order valence-electron chi connectivity index (χ1n) is 6.44. The topological polar surface area (TPSA) is 24.1 Å². The van der Waals surface area contributed by atoms with Gasteiger partial charge in [0.2, 0.25) is 0 Å². The third kappa shape index (κ3) is 6.16. The molecule has 1 aliphatic rings. The molecule has 0 heterocycles. The summed E-state index contributed by atoms with van der Waals surface area (Å²) in [5, 5.41) is 7.02. The summed E-state index contributed by atoms with van der Waals surface area (Å²) in [6, 6.07) is 0.847. The summed E-state index contributed by atoms with van der Waals surface area (Å²) in [6.45, 7) is 12.7. The molecule has 0 bridgehead atoms. The lowest BCUT2D eigenvalue weighted by atomic mass is 9.80. The Labute approximate surface area is 95.2 Å². The molecule has 0 aromatic heterocycles. The largest absolute Gasteiger partial charge is 0.315 e. The van der Waals surface area contributed by atoms with E-state index in [1.807, 2.05) is 0 Å². The van der Waals surface area contributed by atoms with E-state index in [2.05, 4.69) is 38.3 Å². The van der Waals surface area contributed by atoms with Gasteiger partial charge in [0.25, 0.3) is 0 Å². The number of rotatable bonds is 7. The van der Waals surface area contributed by atoms with Crippen molar-refractivity contribution >= 4 is 0 Å². The highest BCUT2D eigenvalue weighted by molar-refractivity contribution is 4.80. The lowest BCUT2D eigenvalue weighted by Crippen LogP contribution is -2.30. The first kappa shape index (κ1) is 13.0. The number of nitrogens with one attached hydrogen (secondary N) is 2. The minimum absolute atomic E-state index is 0.452. The summed E-state index contributed by atoms with van der Waals surface area (Å²) < 4.78 is 0. The van der Waals surface area contributed by atoms with E-state index in [4.69, 9.17) is 0 Å². The third-order valence-electron chi connectivity index (χ3n) is 3.54. The van der Waals surface area contributed by atoms with E-state index < -0.39 is 0 Å². The summed E-state index contributed by atoms with van der Waals surface area (Å²) >= 11 is 0. The Morgan fingerprint density at radius 1 is 1.13 bits per heavy atom. The first-order chi connectivity index (χ1) is 7.00. The Kier molecular flexibility index (Phi) is 5.07. The van der Waals surface area contributed by atoms with Crippen molar-refractivity contribution in [1.29, 1.82) is 0 Å². The molecule has 0 aromatic carbocycles. The molecule has 1 atom stereocenters. The maximum atomic E-state index is 3.51. The van der Waals surface area contributed by atoms with Crippen LogP contribution in [0.4, 0.5) is 0 Å². The van der Waals surface area contributed by atoms with Crippen LogP contribution in [0.5, 0.6) is 0 Å². The van der Waals surface area contributed by atoms with Gasteiger partial charge in [-0.1, -0.05) is 27.7 Å². The summed E-state index contributed by atoms with van der Waals surface area (Å²) in [4.78, 5) is 0. The van der Waals surface area contributed by atoms with E-state index in [-0.39, 0.29) is 0 Å². The highest BCUT2D eigenvalue weighted by Crippen LogP contribution is 2.27. The predicted octanol–water partition coefficient (Wildman–Crippen LogP) is 2.40. The molecule has 2 heteroatoms. The molecule has 90 valence electrons. The van der Waals surface area contributed by atoms with Crippen molar-refractivity contribution in [3.8, 4) is 0 Å². The van der Waals surface area contributed by atoms with Crippen LogP contribution in [0, 0.1) is 11.3 Å². The standard InChI is InChI=1S/C13H28N2/c1-11(13(2,3)4)7-8-14-9-10-15-12-5-6-12/h11-12,14-15H,5-10H2,1-4H3. The zero-order valence-corrected chi connectivity index (χ0v) is 10.9. The van der Waals surface area contributed by atoms with E-state index in [1.165, 1.54) is 19.3 Å². The molecular weight excluding hydrogens is 184 g/mol. The second-order valence-electron chi connectivity index (χ2n) is 6.03. The number of hydrogen-bond donors (Lipinski definition) is 2. The van der Waals surface area contributed by atoms with Gasteiger partial charge in [0.15, 0.2) is 0 Å². The van der Waals surface area contributed by atoms with Crippen LogP contribution >= 0.6 is 0 Å². The second-order valence-corrected chi connectivity index (χ2v) is 6.03. The Morgan fingerprint density at radius 3 is 2.33 bits per heavy atom. The SMILES string of the molecule is CC(CCNCCNC1CC1)C(C)(C)C. The Morgan fingerprint density at radius 2 is 1.80 bits per heavy atom. The number of hydrogen-bond acceptors (Lipinski definition) is 2. The van der Waals surface area contributed by atoms with Crippen LogP contribution in [-0.2, 0) is 0 Å². The van der Waals surface area contributed by atoms with Crippen LogP contribution in [0.2, 0.25) is 0 Å². The molecule has 15 heavy (non-hydrogen) atoms. The zero-order valence-electron chi connectivity index (χ0n) is 10.9. The zero-order chi connectivity index (χ0) is 11.3. The smallest absolute Gasteiger partial charge is 0.00793 e. The molecule has 1 unspecified atom stereocenters. The van der Waals surface area contributed by atoms with Gasteiger partial charge in [0.05, 0.1) is 0 Å². The van der Waals surface area contributed by atoms with E-state index >= 15 is 0 Å². The van der Waals surface area contributed by atoms with Gasteiger partial charge in [-0.05, 0) is 37.1 Å². The van der Waals surface area contributed by atoms with Crippen molar-refractivity contribution in [2.45, 2.75) is 53.0 Å². The minimum atomic E-state index is 0.452. The fourth-order valence-corrected chi connectivity index (χ4v) is 1.53. The van der Waals surface area contributed by atoms with Crippen molar-refractivity contribution in [1.82, 2.24) is 10.6 Å². The molecule has 0 radical (unpaired) electrons. The van der Waals surface area contributed by atoms with E-state index in [0.717, 1.165) is 31.6 Å². The lowest BCUT2D eigenvalue weighted by molar-refractivity contribution is 0.245. The molecule has 1 rings (SSSR count). The molecule has 2 nitrogen and oxygen atoms in total. The van der Waals surface area contributed by atoms with Gasteiger partial charge in [0.1, 0.15) is 0 Å². The van der Waals surface area contributed by atoms with Gasteiger partial charge in [-0.3, -0.25) is 0 Å². The van der Waals surface area contributed by atoms with Crippen LogP contribution in [-0.4, -0.2) is 25.7 Å². The Balaban J connectivity index is 1.87. The highest BCUT2D eigenvalue weighted by atomic mass is 15.0. The molecule has 1 aliphatic carbocycles. The summed E-state index contributed by atoms with van der Waals surface area (Å²) in [6.07, 6.45) is 4.06. The van der Waals surface area contributed by atoms with E-state index in [1.54, 1.807) is 0 Å². The Bertz CT molecular complexity index is 168. The second kappa shape index (κ2) is 5.86. The summed E-state index contributed by atoms with van der Waals surface area (Å²) in [5.41, 5.74) is 0.452.